The van der Waals surface area contributed by atoms with E-state index < -0.39 is 0 Å². The number of carbonyl (C=O) groups excluding carboxylic acids is 2. The minimum Gasteiger partial charge on any atom is -0.368 e. The molecule has 28 heavy (non-hydrogen) atoms. The molecule has 1 aliphatic carbocycles. The van der Waals surface area contributed by atoms with Crippen LogP contribution in [0.15, 0.2) is 52.7 Å². The number of amides is 1. The Labute approximate surface area is 165 Å². The first-order chi connectivity index (χ1) is 13.4. The number of hydrogen-bond acceptors (Lipinski definition) is 5. The summed E-state index contributed by atoms with van der Waals surface area (Å²) in [5.41, 5.74) is 3.45. The summed E-state index contributed by atoms with van der Waals surface area (Å²) >= 11 is 0. The van der Waals surface area contributed by atoms with Crippen LogP contribution in [0.3, 0.4) is 0 Å². The van der Waals surface area contributed by atoms with Crippen LogP contribution in [0.4, 0.5) is 5.69 Å². The molecule has 0 saturated carbocycles. The number of carbonyl (C=O) groups is 2. The van der Waals surface area contributed by atoms with Gasteiger partial charge < -0.3 is 9.80 Å². The highest BCUT2D eigenvalue weighted by atomic mass is 16.2. The number of hydrogen-bond donors (Lipinski definition) is 0. The molecule has 6 heteroatoms. The molecule has 0 unspecified atom stereocenters. The number of rotatable bonds is 2. The molecular weight excluding hydrogens is 352 g/mol. The average Bonchev–Trinajstić information content (AvgIpc) is 3.09. The number of ketones is 1. The van der Waals surface area contributed by atoms with Gasteiger partial charge in [0.1, 0.15) is 19.6 Å². The number of nitrogens with zero attached hydrogens (tertiary/aromatic N) is 4. The fraction of sp³-hybridized carbons (Fsp3) is 0.364. The maximum Gasteiger partial charge on any atom is 0.418 e. The average molecular weight is 377 g/mol. The highest BCUT2D eigenvalue weighted by molar-refractivity contribution is 6.12. The number of allylic oxidation sites excluding steroid dienone is 3. The van der Waals surface area contributed by atoms with Gasteiger partial charge in [0.15, 0.2) is 5.78 Å². The minimum atomic E-state index is -0.0969. The second-order valence-electron chi connectivity index (χ2n) is 7.60. The van der Waals surface area contributed by atoms with E-state index in [2.05, 4.69) is 16.5 Å². The topological polar surface area (TPSA) is 56.0 Å². The Balaban J connectivity index is 1.41. The van der Waals surface area contributed by atoms with Crippen molar-refractivity contribution in [1.82, 2.24) is 4.90 Å². The molecule has 1 aromatic rings. The monoisotopic (exact) mass is 377 g/mol. The zero-order valence-corrected chi connectivity index (χ0v) is 16.4. The van der Waals surface area contributed by atoms with Crippen molar-refractivity contribution < 1.29 is 14.2 Å². The molecule has 0 bridgehead atoms. The third-order valence-corrected chi connectivity index (χ3v) is 5.61. The zero-order valence-electron chi connectivity index (χ0n) is 16.4. The van der Waals surface area contributed by atoms with Crippen LogP contribution in [0.2, 0.25) is 0 Å². The van der Waals surface area contributed by atoms with Crippen LogP contribution < -0.4 is 4.90 Å². The van der Waals surface area contributed by atoms with Crippen LogP contribution in [0.25, 0.3) is 0 Å². The lowest BCUT2D eigenvalue weighted by atomic mass is 9.95. The normalized spacial score (nSPS) is 21.7. The lowest BCUT2D eigenvalue weighted by Gasteiger charge is -2.38. The van der Waals surface area contributed by atoms with Crippen LogP contribution in [0, 0.1) is 5.92 Å². The van der Waals surface area contributed by atoms with Gasteiger partial charge in [-0.3, -0.25) is 4.79 Å². The van der Waals surface area contributed by atoms with Gasteiger partial charge in [0.05, 0.1) is 17.7 Å². The first-order valence-electron chi connectivity index (χ1n) is 9.65. The standard InChI is InChI=1S/C22H25N4O2/c1-15-4-9-18-21(15)19(27)14-20(23-18)26-12-10-25(11-13-26)17-7-5-16(6-8-17)22(28)24(2)3/h4-9,15H,2,10-14H2,1,3H3/q+1/t15-/m1/s1. The molecule has 0 radical (unpaired) electrons. The number of Topliss-reactive ketones (excluding diaryl/α,β-unsaturated/α-hetero) is 1. The van der Waals surface area contributed by atoms with Gasteiger partial charge in [-0.1, -0.05) is 13.0 Å². The number of piperazine rings is 1. The molecule has 0 aromatic heterocycles. The molecule has 3 aliphatic rings. The first kappa shape index (κ1) is 18.3. The molecule has 144 valence electrons. The molecule has 4 rings (SSSR count). The third-order valence-electron chi connectivity index (χ3n) is 5.61. The maximum absolute atomic E-state index is 12.5. The summed E-state index contributed by atoms with van der Waals surface area (Å²) in [6.07, 6.45) is 4.42. The van der Waals surface area contributed by atoms with Crippen molar-refractivity contribution in [2.24, 2.45) is 10.9 Å². The quantitative estimate of drug-likeness (QED) is 0.585. The van der Waals surface area contributed by atoms with E-state index in [0.29, 0.717) is 12.0 Å². The van der Waals surface area contributed by atoms with Gasteiger partial charge in [0.2, 0.25) is 0 Å². The van der Waals surface area contributed by atoms with Crippen LogP contribution in [0.1, 0.15) is 23.7 Å². The molecule has 0 spiro atoms. The Hall–Kier alpha value is -3.02. The summed E-state index contributed by atoms with van der Waals surface area (Å²) in [6, 6.07) is 7.65. The summed E-state index contributed by atoms with van der Waals surface area (Å²) in [5.74, 6) is 1.18. The fourth-order valence-corrected chi connectivity index (χ4v) is 4.01. The van der Waals surface area contributed by atoms with E-state index in [-0.39, 0.29) is 17.6 Å². The van der Waals surface area contributed by atoms with Crippen molar-refractivity contribution in [2.45, 2.75) is 13.3 Å². The highest BCUT2D eigenvalue weighted by Crippen LogP contribution is 2.31. The van der Waals surface area contributed by atoms with Crippen molar-refractivity contribution in [3.63, 3.8) is 0 Å². The van der Waals surface area contributed by atoms with Crippen molar-refractivity contribution in [1.29, 1.82) is 0 Å². The smallest absolute Gasteiger partial charge is 0.368 e. The van der Waals surface area contributed by atoms with Crippen molar-refractivity contribution in [2.75, 3.05) is 38.1 Å². The molecule has 1 saturated heterocycles. The Morgan fingerprint density at radius 3 is 2.43 bits per heavy atom. The number of benzene rings is 1. The highest BCUT2D eigenvalue weighted by Gasteiger charge is 2.31. The molecule has 1 aromatic carbocycles. The summed E-state index contributed by atoms with van der Waals surface area (Å²) < 4.78 is 1.33. The van der Waals surface area contributed by atoms with Crippen molar-refractivity contribution >= 4 is 29.9 Å². The van der Waals surface area contributed by atoms with Gasteiger partial charge in [-0.15, -0.1) is 0 Å². The van der Waals surface area contributed by atoms with Gasteiger partial charge in [-0.2, -0.15) is 4.58 Å². The Morgan fingerprint density at radius 2 is 1.79 bits per heavy atom. The summed E-state index contributed by atoms with van der Waals surface area (Å²) in [4.78, 5) is 33.8. The van der Waals surface area contributed by atoms with E-state index in [1.807, 2.05) is 43.3 Å². The third kappa shape index (κ3) is 3.30. The Bertz CT molecular complexity index is 932. The second kappa shape index (κ2) is 7.19. The van der Waals surface area contributed by atoms with Crippen LogP contribution in [0.5, 0.6) is 0 Å². The van der Waals surface area contributed by atoms with Crippen molar-refractivity contribution in [3.05, 3.63) is 53.3 Å². The lowest BCUT2D eigenvalue weighted by Crippen LogP contribution is -2.49. The van der Waals surface area contributed by atoms with Gasteiger partial charge >= 0.3 is 5.91 Å². The van der Waals surface area contributed by atoms with Crippen LogP contribution >= 0.6 is 0 Å². The lowest BCUT2D eigenvalue weighted by molar-refractivity contribution is -0.384. The summed E-state index contributed by atoms with van der Waals surface area (Å²) in [6.45, 7) is 9.05. The molecule has 1 amide bonds. The van der Waals surface area contributed by atoms with E-state index in [9.17, 15) is 9.59 Å². The Morgan fingerprint density at radius 1 is 1.14 bits per heavy atom. The van der Waals surface area contributed by atoms with Gasteiger partial charge in [0, 0.05) is 43.4 Å². The van der Waals surface area contributed by atoms with Gasteiger partial charge in [-0.05, 0) is 30.3 Å². The zero-order chi connectivity index (χ0) is 19.8. The van der Waals surface area contributed by atoms with E-state index >= 15 is 0 Å². The SMILES string of the molecule is C=[N+](C)C(=O)c1ccc(N2CCN(C3=NC4=C(C(=O)C3)[C@H](C)C=C4)CC2)cc1. The van der Waals surface area contributed by atoms with E-state index in [1.54, 1.807) is 7.05 Å². The minimum absolute atomic E-state index is 0.0969. The Kier molecular flexibility index (Phi) is 4.71. The maximum atomic E-state index is 12.5. The van der Waals surface area contributed by atoms with Gasteiger partial charge in [0.25, 0.3) is 0 Å². The van der Waals surface area contributed by atoms with E-state index in [1.165, 1.54) is 4.58 Å². The molecule has 2 heterocycles. The molecule has 1 atom stereocenters. The largest absolute Gasteiger partial charge is 0.418 e. The van der Waals surface area contributed by atoms with E-state index in [0.717, 1.165) is 49.0 Å². The fourth-order valence-electron chi connectivity index (χ4n) is 4.01. The van der Waals surface area contributed by atoms with Crippen LogP contribution in [-0.2, 0) is 4.79 Å². The first-order valence-corrected chi connectivity index (χ1v) is 9.65. The summed E-state index contributed by atoms with van der Waals surface area (Å²) in [7, 11) is 1.65. The van der Waals surface area contributed by atoms with Crippen molar-refractivity contribution in [3.8, 4) is 0 Å². The molecule has 6 nitrogen and oxygen atoms in total. The van der Waals surface area contributed by atoms with Crippen LogP contribution in [-0.4, -0.2) is 66.9 Å². The number of aliphatic imine (C=N–C) groups is 1. The second-order valence-corrected chi connectivity index (χ2v) is 7.60. The molecule has 2 aliphatic heterocycles. The molecule has 1 fully saturated rings. The van der Waals surface area contributed by atoms with Gasteiger partial charge in [-0.25, -0.2) is 9.79 Å². The molecule has 0 N–H and O–H groups in total. The summed E-state index contributed by atoms with van der Waals surface area (Å²) in [5, 5.41) is 0. The molecular formula is C22H25N4O2+. The predicted molar refractivity (Wildman–Crippen MR) is 110 cm³/mol. The number of anilines is 1. The number of amidine groups is 1. The van der Waals surface area contributed by atoms with E-state index in [4.69, 9.17) is 4.99 Å². The predicted octanol–water partition coefficient (Wildman–Crippen LogP) is 2.12.